The molecular weight excluding hydrogens is 454 g/mol. The summed E-state index contributed by atoms with van der Waals surface area (Å²) in [7, 11) is 0. The second kappa shape index (κ2) is 9.30. The third kappa shape index (κ3) is 4.14. The van der Waals surface area contributed by atoms with E-state index in [1.165, 1.54) is 30.7 Å². The van der Waals surface area contributed by atoms with Crippen molar-refractivity contribution in [3.63, 3.8) is 0 Å². The number of rotatable bonds is 5. The van der Waals surface area contributed by atoms with Crippen molar-refractivity contribution >= 4 is 55.8 Å². The molecule has 174 valence electrons. The van der Waals surface area contributed by atoms with Crippen molar-refractivity contribution in [1.82, 2.24) is 5.59 Å². The quantitative estimate of drug-likeness (QED) is 0.380. The fourth-order valence-electron chi connectivity index (χ4n) is 5.58. The van der Waals surface area contributed by atoms with Crippen molar-refractivity contribution in [2.24, 2.45) is 33.6 Å². The van der Waals surface area contributed by atoms with Crippen molar-refractivity contribution in [2.45, 2.75) is 73.4 Å². The molecule has 4 aliphatic rings. The van der Waals surface area contributed by atoms with Gasteiger partial charge in [-0.1, -0.05) is 23.5 Å². The van der Waals surface area contributed by atoms with E-state index < -0.39 is 0 Å². The Bertz CT molecular complexity index is 1120. The highest BCUT2D eigenvalue weighted by molar-refractivity contribution is 8.14. The largest absolute Gasteiger partial charge is 0.301 e. The van der Waals surface area contributed by atoms with Crippen molar-refractivity contribution in [3.8, 4) is 0 Å². The van der Waals surface area contributed by atoms with Gasteiger partial charge in [-0.2, -0.15) is 0 Å². The first-order valence-corrected chi connectivity index (χ1v) is 13.5. The number of aliphatic imine (C=N–C) groups is 2. The predicted octanol–water partition coefficient (Wildman–Crippen LogP) is 5.51. The summed E-state index contributed by atoms with van der Waals surface area (Å²) in [6, 6.07) is 8.89. The topological polar surface area (TPSA) is 107 Å². The molecule has 0 bridgehead atoms. The first-order valence-electron chi connectivity index (χ1n) is 11.8. The molecule has 2 aliphatic carbocycles. The Hall–Kier alpha value is -1.46. The number of benzene rings is 2. The van der Waals surface area contributed by atoms with Crippen LogP contribution >= 0.6 is 23.5 Å². The van der Waals surface area contributed by atoms with Crippen LogP contribution in [0, 0.1) is 11.8 Å². The van der Waals surface area contributed by atoms with E-state index >= 15 is 0 Å². The number of nitrogens with zero attached hydrogens (tertiary/aromatic N) is 2. The highest BCUT2D eigenvalue weighted by Crippen LogP contribution is 2.52. The van der Waals surface area contributed by atoms with E-state index in [9.17, 15) is 0 Å². The molecule has 2 aromatic rings. The van der Waals surface area contributed by atoms with Gasteiger partial charge in [0.2, 0.25) is 0 Å². The van der Waals surface area contributed by atoms with E-state index in [4.69, 9.17) is 31.4 Å². The Kier molecular flexibility index (Phi) is 6.21. The molecule has 2 fully saturated rings. The van der Waals surface area contributed by atoms with Crippen molar-refractivity contribution in [1.29, 1.82) is 0 Å². The Labute approximate surface area is 202 Å². The second-order valence-electron chi connectivity index (χ2n) is 9.34. The van der Waals surface area contributed by atoms with Gasteiger partial charge in [-0.05, 0) is 75.6 Å². The zero-order chi connectivity index (χ0) is 22.4. The lowest BCUT2D eigenvalue weighted by atomic mass is 9.88. The number of nitrogens with two attached hydrogens (primary N) is 2. The van der Waals surface area contributed by atoms with Crippen LogP contribution in [-0.2, 0) is 9.68 Å². The Balaban J connectivity index is 1.28. The third-order valence-corrected chi connectivity index (χ3v) is 9.79. The Morgan fingerprint density at radius 3 is 1.67 bits per heavy atom. The van der Waals surface area contributed by atoms with E-state index in [0.717, 1.165) is 62.7 Å². The first-order chi connectivity index (χ1) is 16.2. The zero-order valence-electron chi connectivity index (χ0n) is 18.5. The van der Waals surface area contributed by atoms with Gasteiger partial charge in [0.15, 0.2) is 0 Å². The molecule has 0 unspecified atom stereocenters. The molecule has 0 radical (unpaired) electrons. The van der Waals surface area contributed by atoms with E-state index in [-0.39, 0.29) is 12.2 Å². The van der Waals surface area contributed by atoms with E-state index in [2.05, 4.69) is 29.9 Å². The molecule has 9 heteroatoms. The van der Waals surface area contributed by atoms with Gasteiger partial charge in [0, 0.05) is 32.4 Å². The Morgan fingerprint density at radius 2 is 1.21 bits per heavy atom. The molecule has 6 rings (SSSR count). The van der Waals surface area contributed by atoms with Crippen LogP contribution in [0.2, 0.25) is 0 Å². The maximum absolute atomic E-state index is 5.40. The number of thioether (sulfide) groups is 2. The van der Waals surface area contributed by atoms with Crippen LogP contribution in [0.1, 0.15) is 51.4 Å². The molecule has 0 aromatic heterocycles. The molecule has 2 aliphatic heterocycles. The SMILES string of the molecule is NNOC1CCC(C2=Nc3ccc4c5c(ccc(c35)S2)N=C(C2CCC(ON)CC2)S4)CC1. The standard InChI is InChI=1S/C24H29N5O2S2/c25-29-31-16-7-3-14(4-8-16)24-28-18-10-11-19-21-17(9-12-20(33-24)22(18)21)27-23(32-19)13-1-5-15(30-26)6-2-13/h9-16,29H,1-8,25-26H2. The van der Waals surface area contributed by atoms with E-state index in [1.54, 1.807) is 0 Å². The molecule has 2 heterocycles. The summed E-state index contributed by atoms with van der Waals surface area (Å²) >= 11 is 3.68. The minimum absolute atomic E-state index is 0.193. The van der Waals surface area contributed by atoms with Gasteiger partial charge in [0.1, 0.15) is 0 Å². The van der Waals surface area contributed by atoms with Gasteiger partial charge in [0.25, 0.3) is 0 Å². The van der Waals surface area contributed by atoms with Gasteiger partial charge >= 0.3 is 0 Å². The summed E-state index contributed by atoms with van der Waals surface area (Å²) in [5.41, 5.74) is 4.52. The fourth-order valence-corrected chi connectivity index (χ4v) is 8.01. The molecule has 5 N–H and O–H groups in total. The minimum atomic E-state index is 0.193. The molecule has 0 amide bonds. The van der Waals surface area contributed by atoms with Gasteiger partial charge in [0.05, 0.1) is 33.7 Å². The van der Waals surface area contributed by atoms with E-state index in [0.29, 0.717) is 11.8 Å². The average molecular weight is 484 g/mol. The average Bonchev–Trinajstić information content (AvgIpc) is 2.87. The van der Waals surface area contributed by atoms with Crippen LogP contribution in [-0.4, -0.2) is 22.3 Å². The zero-order valence-corrected chi connectivity index (χ0v) is 20.1. The van der Waals surface area contributed by atoms with Gasteiger partial charge in [-0.3, -0.25) is 4.84 Å². The molecule has 2 saturated carbocycles. The first kappa shape index (κ1) is 22.0. The number of hydrazine groups is 1. The number of nitrogens with one attached hydrogen (secondary N) is 1. The summed E-state index contributed by atoms with van der Waals surface area (Å²) in [5, 5.41) is 4.99. The van der Waals surface area contributed by atoms with Crippen molar-refractivity contribution in [3.05, 3.63) is 24.3 Å². The molecule has 0 atom stereocenters. The molecule has 7 nitrogen and oxygen atoms in total. The van der Waals surface area contributed by atoms with E-state index in [1.807, 2.05) is 23.5 Å². The van der Waals surface area contributed by atoms with Crippen LogP contribution < -0.4 is 17.3 Å². The minimum Gasteiger partial charge on any atom is -0.301 e. The monoisotopic (exact) mass is 483 g/mol. The summed E-state index contributed by atoms with van der Waals surface area (Å²) in [5.74, 6) is 11.7. The second-order valence-corrected chi connectivity index (χ2v) is 11.5. The highest BCUT2D eigenvalue weighted by atomic mass is 32.2. The molecule has 0 saturated heterocycles. The van der Waals surface area contributed by atoms with Crippen LogP contribution in [0.5, 0.6) is 0 Å². The maximum atomic E-state index is 5.40. The molecule has 0 spiro atoms. The lowest BCUT2D eigenvalue weighted by Crippen LogP contribution is -2.33. The van der Waals surface area contributed by atoms with Crippen molar-refractivity contribution < 1.29 is 9.68 Å². The van der Waals surface area contributed by atoms with Crippen LogP contribution in [0.4, 0.5) is 11.4 Å². The molecule has 33 heavy (non-hydrogen) atoms. The van der Waals surface area contributed by atoms with Crippen LogP contribution in [0.15, 0.2) is 44.0 Å². The fraction of sp³-hybridized carbons (Fsp3) is 0.500. The third-order valence-electron chi connectivity index (χ3n) is 7.40. The van der Waals surface area contributed by atoms with Gasteiger partial charge in [-0.15, -0.1) is 5.59 Å². The maximum Gasteiger partial charge on any atom is 0.0817 e. The summed E-state index contributed by atoms with van der Waals surface area (Å²) in [6.07, 6.45) is 8.73. The number of hydrogen-bond acceptors (Lipinski definition) is 9. The number of hydrogen-bond donors (Lipinski definition) is 3. The summed E-state index contributed by atoms with van der Waals surface area (Å²) < 4.78 is 0. The smallest absolute Gasteiger partial charge is 0.0817 e. The Morgan fingerprint density at radius 1 is 0.727 bits per heavy atom. The summed E-state index contributed by atoms with van der Waals surface area (Å²) in [4.78, 5) is 23.3. The van der Waals surface area contributed by atoms with Gasteiger partial charge < -0.3 is 4.84 Å². The van der Waals surface area contributed by atoms with Crippen LogP contribution in [0.3, 0.4) is 0 Å². The normalized spacial score (nSPS) is 29.0. The van der Waals surface area contributed by atoms with Crippen molar-refractivity contribution in [2.75, 3.05) is 0 Å². The summed E-state index contributed by atoms with van der Waals surface area (Å²) in [6.45, 7) is 0. The van der Waals surface area contributed by atoms with Gasteiger partial charge in [-0.25, -0.2) is 21.7 Å². The molecular formula is C24H29N5O2S2. The predicted molar refractivity (Wildman–Crippen MR) is 135 cm³/mol. The highest BCUT2D eigenvalue weighted by Gasteiger charge is 2.32. The van der Waals surface area contributed by atoms with Crippen LogP contribution in [0.25, 0.3) is 10.8 Å². The lowest BCUT2D eigenvalue weighted by Gasteiger charge is -2.31. The lowest BCUT2D eigenvalue weighted by molar-refractivity contribution is -0.0452. The molecule has 2 aromatic carbocycles.